The van der Waals surface area contributed by atoms with Crippen molar-refractivity contribution in [2.75, 3.05) is 5.75 Å². The normalized spacial score (nSPS) is 14.5. The van der Waals surface area contributed by atoms with Crippen LogP contribution in [0, 0.1) is 17.3 Å². The largest absolute Gasteiger partial charge is 0.353 e. The number of carbonyl (C=O) groups excluding carboxylic acids is 1. The van der Waals surface area contributed by atoms with Gasteiger partial charge in [-0.2, -0.15) is 5.26 Å². The molecular formula is C13H13FN4OS. The van der Waals surface area contributed by atoms with Crippen LogP contribution in [-0.2, 0) is 4.79 Å². The molecule has 1 aliphatic carbocycles. The summed E-state index contributed by atoms with van der Waals surface area (Å²) in [6, 6.07) is 6.02. The predicted octanol–water partition coefficient (Wildman–Crippen LogP) is 1.90. The van der Waals surface area contributed by atoms with Gasteiger partial charge in [-0.25, -0.2) is 9.38 Å². The number of thioether (sulfide) groups is 1. The highest BCUT2D eigenvalue weighted by Gasteiger charge is 2.23. The van der Waals surface area contributed by atoms with Crippen molar-refractivity contribution in [2.45, 2.75) is 18.9 Å². The van der Waals surface area contributed by atoms with Crippen molar-refractivity contribution < 1.29 is 9.18 Å². The zero-order chi connectivity index (χ0) is 14.4. The van der Waals surface area contributed by atoms with Crippen LogP contribution < -0.4 is 10.6 Å². The molecule has 1 amide bonds. The van der Waals surface area contributed by atoms with E-state index >= 15 is 0 Å². The van der Waals surface area contributed by atoms with Gasteiger partial charge in [-0.3, -0.25) is 10.1 Å². The molecule has 0 saturated heterocycles. The number of rotatable bonds is 4. The van der Waals surface area contributed by atoms with E-state index in [4.69, 9.17) is 5.26 Å². The second kappa shape index (κ2) is 6.91. The monoisotopic (exact) mass is 292 g/mol. The lowest BCUT2D eigenvalue weighted by molar-refractivity contribution is -0.118. The van der Waals surface area contributed by atoms with Crippen molar-refractivity contribution in [3.05, 3.63) is 30.1 Å². The molecule has 0 radical (unpaired) electrons. The van der Waals surface area contributed by atoms with E-state index in [-0.39, 0.29) is 16.8 Å². The van der Waals surface area contributed by atoms with Gasteiger partial charge in [-0.1, -0.05) is 17.8 Å². The van der Waals surface area contributed by atoms with E-state index in [0.29, 0.717) is 11.7 Å². The first-order valence-corrected chi connectivity index (χ1v) is 7.07. The Bertz CT molecular complexity index is 566. The summed E-state index contributed by atoms with van der Waals surface area (Å²) < 4.78 is 13.0. The van der Waals surface area contributed by atoms with Gasteiger partial charge in [0.05, 0.1) is 11.4 Å². The molecule has 20 heavy (non-hydrogen) atoms. The average molecular weight is 292 g/mol. The lowest BCUT2D eigenvalue weighted by Gasteiger charge is -2.05. The number of nitrogens with one attached hydrogen (secondary N) is 2. The molecule has 0 aliphatic heterocycles. The van der Waals surface area contributed by atoms with Crippen LogP contribution in [0.25, 0.3) is 0 Å². The second-order valence-electron chi connectivity index (χ2n) is 4.26. The van der Waals surface area contributed by atoms with E-state index in [1.807, 2.05) is 0 Å². The van der Waals surface area contributed by atoms with Gasteiger partial charge in [0.2, 0.25) is 5.91 Å². The predicted molar refractivity (Wildman–Crippen MR) is 75.9 cm³/mol. The van der Waals surface area contributed by atoms with E-state index in [2.05, 4.69) is 15.6 Å². The van der Waals surface area contributed by atoms with E-state index in [1.165, 1.54) is 18.2 Å². The van der Waals surface area contributed by atoms with Gasteiger partial charge < -0.3 is 5.32 Å². The maximum Gasteiger partial charge on any atom is 0.230 e. The van der Waals surface area contributed by atoms with Crippen molar-refractivity contribution in [2.24, 2.45) is 4.99 Å². The number of aliphatic imine (C=N–C) groups is 1. The molecule has 104 valence electrons. The molecule has 0 heterocycles. The molecule has 1 aliphatic rings. The maximum atomic E-state index is 13.0. The lowest BCUT2D eigenvalue weighted by Crippen LogP contribution is -2.28. The van der Waals surface area contributed by atoms with Gasteiger partial charge in [0.1, 0.15) is 5.82 Å². The summed E-state index contributed by atoms with van der Waals surface area (Å²) >= 11 is 1.11. The first kappa shape index (κ1) is 14.3. The molecule has 1 fully saturated rings. The Morgan fingerprint density at radius 3 is 3.00 bits per heavy atom. The number of nitrogens with zero attached hydrogens (tertiary/aromatic N) is 2. The first-order chi connectivity index (χ1) is 9.67. The molecule has 1 aromatic carbocycles. The number of halogens is 1. The molecule has 0 aromatic heterocycles. The van der Waals surface area contributed by atoms with Crippen molar-refractivity contribution in [3.63, 3.8) is 0 Å². The fourth-order valence-electron chi connectivity index (χ4n) is 1.44. The third-order valence-electron chi connectivity index (χ3n) is 2.48. The maximum absolute atomic E-state index is 13.0. The van der Waals surface area contributed by atoms with Gasteiger partial charge in [0.15, 0.2) is 11.4 Å². The molecule has 1 saturated carbocycles. The molecule has 0 spiro atoms. The van der Waals surface area contributed by atoms with E-state index in [9.17, 15) is 9.18 Å². The van der Waals surface area contributed by atoms with Crippen LogP contribution in [0.15, 0.2) is 29.3 Å². The van der Waals surface area contributed by atoms with Gasteiger partial charge in [0.25, 0.3) is 0 Å². The smallest absolute Gasteiger partial charge is 0.230 e. The minimum absolute atomic E-state index is 0.0933. The van der Waals surface area contributed by atoms with E-state index in [1.54, 1.807) is 12.3 Å². The van der Waals surface area contributed by atoms with Crippen molar-refractivity contribution in [1.82, 2.24) is 10.6 Å². The minimum Gasteiger partial charge on any atom is -0.353 e. The molecule has 5 nitrogen and oxygen atoms in total. The van der Waals surface area contributed by atoms with E-state index < -0.39 is 5.82 Å². The number of amides is 1. The molecule has 0 unspecified atom stereocenters. The van der Waals surface area contributed by atoms with Crippen LogP contribution in [0.2, 0.25) is 0 Å². The number of nitriles is 1. The number of hydrogen-bond acceptors (Lipinski definition) is 4. The Balaban J connectivity index is 1.95. The quantitative estimate of drug-likeness (QED) is 0.384. The van der Waals surface area contributed by atoms with Gasteiger partial charge in [0, 0.05) is 6.04 Å². The zero-order valence-electron chi connectivity index (χ0n) is 10.6. The molecule has 2 rings (SSSR count). The number of amidine groups is 1. The van der Waals surface area contributed by atoms with Crippen LogP contribution in [-0.4, -0.2) is 22.9 Å². The summed E-state index contributed by atoms with van der Waals surface area (Å²) in [7, 11) is 0. The summed E-state index contributed by atoms with van der Waals surface area (Å²) in [6.07, 6.45) is 3.80. The molecular weight excluding hydrogens is 279 g/mol. The summed E-state index contributed by atoms with van der Waals surface area (Å²) in [5.41, 5.74) is 0.387. The Morgan fingerprint density at radius 2 is 2.35 bits per heavy atom. The second-order valence-corrected chi connectivity index (χ2v) is 5.23. The zero-order valence-corrected chi connectivity index (χ0v) is 11.4. The highest BCUT2D eigenvalue weighted by atomic mass is 32.2. The van der Waals surface area contributed by atoms with Crippen LogP contribution in [0.4, 0.5) is 10.1 Å². The highest BCUT2D eigenvalue weighted by molar-refractivity contribution is 8.14. The fraction of sp³-hybridized carbons (Fsp3) is 0.308. The molecule has 2 N–H and O–H groups in total. The molecule has 7 heteroatoms. The molecule has 0 atom stereocenters. The van der Waals surface area contributed by atoms with Crippen molar-refractivity contribution in [3.8, 4) is 6.19 Å². The minimum atomic E-state index is -0.404. The third-order valence-corrected chi connectivity index (χ3v) is 3.36. The molecule has 1 aromatic rings. The topological polar surface area (TPSA) is 77.3 Å². The van der Waals surface area contributed by atoms with Crippen molar-refractivity contribution >= 4 is 28.5 Å². The average Bonchev–Trinajstić information content (AvgIpc) is 3.20. The Hall–Kier alpha value is -2.07. The van der Waals surface area contributed by atoms with Crippen LogP contribution in [0.1, 0.15) is 12.8 Å². The van der Waals surface area contributed by atoms with Gasteiger partial charge >= 0.3 is 0 Å². The summed E-state index contributed by atoms with van der Waals surface area (Å²) in [5, 5.41) is 14.2. The fourth-order valence-corrected chi connectivity index (χ4v) is 2.08. The Kier molecular flexibility index (Phi) is 4.96. The SMILES string of the molecule is N#CNC(=Nc1cccc(F)c1)SCC(=O)NC1CC1. The van der Waals surface area contributed by atoms with Gasteiger partial charge in [-0.15, -0.1) is 0 Å². The standard InChI is InChI=1S/C13H13FN4OS/c14-9-2-1-3-11(6-9)18-13(16-8-15)20-7-12(19)17-10-4-5-10/h1-3,6,10H,4-5,7H2,(H,16,18)(H,17,19). The summed E-state index contributed by atoms with van der Waals surface area (Å²) in [4.78, 5) is 15.7. The van der Waals surface area contributed by atoms with Crippen LogP contribution >= 0.6 is 11.8 Å². The number of carbonyl (C=O) groups is 1. The van der Waals surface area contributed by atoms with Gasteiger partial charge in [-0.05, 0) is 31.0 Å². The Labute approximate surface area is 120 Å². The number of benzene rings is 1. The molecule has 0 bridgehead atoms. The first-order valence-electron chi connectivity index (χ1n) is 6.09. The van der Waals surface area contributed by atoms with Crippen molar-refractivity contribution in [1.29, 1.82) is 5.26 Å². The lowest BCUT2D eigenvalue weighted by atomic mass is 10.3. The summed E-state index contributed by atoms with van der Waals surface area (Å²) in [6.45, 7) is 0. The number of hydrogen-bond donors (Lipinski definition) is 2. The third kappa shape index (κ3) is 4.90. The van der Waals surface area contributed by atoms with Crippen LogP contribution in [0.5, 0.6) is 0 Å². The summed E-state index contributed by atoms with van der Waals surface area (Å²) in [5.74, 6) is -0.331. The van der Waals surface area contributed by atoms with E-state index in [0.717, 1.165) is 24.6 Å². The highest BCUT2D eigenvalue weighted by Crippen LogP contribution is 2.19. The Morgan fingerprint density at radius 1 is 1.55 bits per heavy atom. The van der Waals surface area contributed by atoms with Crippen LogP contribution in [0.3, 0.4) is 0 Å².